The lowest BCUT2D eigenvalue weighted by Crippen LogP contribution is -2.26. The molecule has 1 saturated carbocycles. The van der Waals surface area contributed by atoms with Crippen molar-refractivity contribution >= 4 is 28.2 Å². The van der Waals surface area contributed by atoms with Crippen LogP contribution in [0.2, 0.25) is 0 Å². The second kappa shape index (κ2) is 13.6. The molecule has 4 N–H and O–H groups in total. The van der Waals surface area contributed by atoms with Crippen LogP contribution in [0.15, 0.2) is 72.5 Å². The number of nitrogens with two attached hydrogens (primary N) is 1. The van der Waals surface area contributed by atoms with E-state index in [0.717, 1.165) is 85.6 Å². The maximum absolute atomic E-state index is 6.42. The Morgan fingerprint density at radius 1 is 0.976 bits per heavy atom. The Labute approximate surface area is 252 Å². The quantitative estimate of drug-likeness (QED) is 0.144. The molecule has 0 bridgehead atoms. The van der Waals surface area contributed by atoms with E-state index in [-0.39, 0.29) is 0 Å². The first-order valence-corrected chi connectivity index (χ1v) is 16.1. The number of fused-ring (bicyclic) bond motifs is 1. The zero-order valence-electron chi connectivity index (χ0n) is 24.4. The number of aryl methyl sites for hydroxylation is 1. The fourth-order valence-corrected chi connectivity index (χ4v) is 7.06. The molecule has 0 radical (unpaired) electrons. The number of rotatable bonds is 13. The standard InChI is InChI=1S/C34H41N7S/c1-24-7-5-10-26(17-24)13-16-36-14-6-15-37-20-27-11-12-29(19-27)41-21-30(31-32(35)38-23-39-33(31)41)34-40-28(22-42-34)18-25-8-3-2-4-9-25/h2-5,7-10,17,21-23,27,29,36-37H,6,11-16,18-20H2,1H3,(H2,35,38,39). The molecule has 6 rings (SSSR count). The largest absolute Gasteiger partial charge is 0.383 e. The average molecular weight is 580 g/mol. The first-order valence-electron chi connectivity index (χ1n) is 15.2. The van der Waals surface area contributed by atoms with Crippen LogP contribution in [0.25, 0.3) is 21.6 Å². The van der Waals surface area contributed by atoms with Gasteiger partial charge in [0.2, 0.25) is 0 Å². The summed E-state index contributed by atoms with van der Waals surface area (Å²) in [6, 6.07) is 19.7. The third-order valence-corrected chi connectivity index (χ3v) is 9.29. The summed E-state index contributed by atoms with van der Waals surface area (Å²) in [5.74, 6) is 1.19. The molecule has 0 aliphatic heterocycles. The maximum atomic E-state index is 6.42. The van der Waals surface area contributed by atoms with E-state index in [1.807, 2.05) is 6.07 Å². The van der Waals surface area contributed by atoms with Crippen molar-refractivity contribution < 1.29 is 0 Å². The maximum Gasteiger partial charge on any atom is 0.146 e. The Kier molecular flexibility index (Phi) is 9.23. The molecule has 2 aromatic carbocycles. The summed E-state index contributed by atoms with van der Waals surface area (Å²) < 4.78 is 2.35. The van der Waals surface area contributed by atoms with Crippen molar-refractivity contribution in [3.05, 3.63) is 94.9 Å². The molecule has 3 aromatic heterocycles. The molecule has 218 valence electrons. The Hall–Kier alpha value is -3.59. The second-order valence-electron chi connectivity index (χ2n) is 11.6. The Morgan fingerprint density at radius 2 is 1.83 bits per heavy atom. The fourth-order valence-electron chi connectivity index (χ4n) is 6.22. The number of hydrogen-bond acceptors (Lipinski definition) is 7. The second-order valence-corrected chi connectivity index (χ2v) is 12.5. The summed E-state index contributed by atoms with van der Waals surface area (Å²) in [5, 5.41) is 11.4. The van der Waals surface area contributed by atoms with Gasteiger partial charge in [0.1, 0.15) is 22.8 Å². The predicted octanol–water partition coefficient (Wildman–Crippen LogP) is 6.19. The van der Waals surface area contributed by atoms with E-state index in [1.165, 1.54) is 23.1 Å². The number of nitrogens with zero attached hydrogens (tertiary/aromatic N) is 4. The molecule has 42 heavy (non-hydrogen) atoms. The number of hydrogen-bond donors (Lipinski definition) is 3. The minimum Gasteiger partial charge on any atom is -0.383 e. The Morgan fingerprint density at radius 3 is 2.71 bits per heavy atom. The number of nitrogen functional groups attached to an aromatic ring is 1. The first kappa shape index (κ1) is 28.5. The number of anilines is 1. The molecule has 1 fully saturated rings. The zero-order valence-corrected chi connectivity index (χ0v) is 25.2. The van der Waals surface area contributed by atoms with E-state index in [4.69, 9.17) is 15.7 Å². The van der Waals surface area contributed by atoms with Crippen molar-refractivity contribution in [3.63, 3.8) is 0 Å². The molecule has 5 aromatic rings. The third-order valence-electron chi connectivity index (χ3n) is 8.37. The molecule has 3 heterocycles. The van der Waals surface area contributed by atoms with Crippen LogP contribution in [-0.2, 0) is 12.8 Å². The molecule has 0 saturated heterocycles. The van der Waals surface area contributed by atoms with Gasteiger partial charge < -0.3 is 20.9 Å². The van der Waals surface area contributed by atoms with E-state index in [2.05, 4.69) is 87.2 Å². The van der Waals surface area contributed by atoms with Crippen molar-refractivity contribution in [1.82, 2.24) is 30.2 Å². The smallest absolute Gasteiger partial charge is 0.146 e. The summed E-state index contributed by atoms with van der Waals surface area (Å²) in [6.07, 6.45) is 10.4. The first-order chi connectivity index (χ1) is 20.6. The minimum atomic E-state index is 0.411. The van der Waals surface area contributed by atoms with Crippen molar-refractivity contribution in [2.75, 3.05) is 31.9 Å². The summed E-state index contributed by atoms with van der Waals surface area (Å²) >= 11 is 1.67. The molecule has 0 amide bonds. The van der Waals surface area contributed by atoms with Crippen LogP contribution in [-0.4, -0.2) is 45.7 Å². The lowest BCUT2D eigenvalue weighted by atomic mass is 10.1. The molecular formula is C34H41N7S. The molecule has 0 spiro atoms. The number of aromatic nitrogens is 4. The molecule has 1 aliphatic carbocycles. The van der Waals surface area contributed by atoms with Gasteiger partial charge >= 0.3 is 0 Å². The van der Waals surface area contributed by atoms with E-state index in [0.29, 0.717) is 17.8 Å². The Bertz CT molecular complexity index is 1590. The highest BCUT2D eigenvalue weighted by molar-refractivity contribution is 7.13. The summed E-state index contributed by atoms with van der Waals surface area (Å²) in [7, 11) is 0. The predicted molar refractivity (Wildman–Crippen MR) is 174 cm³/mol. The monoisotopic (exact) mass is 579 g/mol. The van der Waals surface area contributed by atoms with Gasteiger partial charge in [-0.3, -0.25) is 0 Å². The normalized spacial score (nSPS) is 16.9. The van der Waals surface area contributed by atoms with Gasteiger partial charge in [0, 0.05) is 29.6 Å². The number of nitrogens with one attached hydrogen (secondary N) is 2. The van der Waals surface area contributed by atoms with Crippen molar-refractivity contribution in [2.45, 2.75) is 51.5 Å². The van der Waals surface area contributed by atoms with Crippen LogP contribution >= 0.6 is 11.3 Å². The number of benzene rings is 2. The highest BCUT2D eigenvalue weighted by atomic mass is 32.1. The van der Waals surface area contributed by atoms with Crippen molar-refractivity contribution in [3.8, 4) is 10.6 Å². The molecular weight excluding hydrogens is 538 g/mol. The third kappa shape index (κ3) is 6.89. The molecule has 1 aliphatic rings. The zero-order chi connectivity index (χ0) is 28.7. The molecule has 8 heteroatoms. The van der Waals surface area contributed by atoms with Crippen LogP contribution in [0.4, 0.5) is 5.82 Å². The van der Waals surface area contributed by atoms with Gasteiger partial charge in [0.15, 0.2) is 0 Å². The molecule has 7 nitrogen and oxygen atoms in total. The average Bonchev–Trinajstić information content (AvgIpc) is 3.74. The summed E-state index contributed by atoms with van der Waals surface area (Å²) in [4.78, 5) is 14.0. The van der Waals surface area contributed by atoms with Crippen LogP contribution in [0, 0.1) is 12.8 Å². The van der Waals surface area contributed by atoms with Gasteiger partial charge in [0.05, 0.1) is 11.1 Å². The van der Waals surface area contributed by atoms with Gasteiger partial charge in [-0.25, -0.2) is 15.0 Å². The van der Waals surface area contributed by atoms with Gasteiger partial charge in [-0.2, -0.15) is 0 Å². The van der Waals surface area contributed by atoms with E-state index >= 15 is 0 Å². The lowest BCUT2D eigenvalue weighted by molar-refractivity contribution is 0.452. The van der Waals surface area contributed by atoms with Gasteiger partial charge in [-0.15, -0.1) is 11.3 Å². The molecule has 2 unspecified atom stereocenters. The highest BCUT2D eigenvalue weighted by Gasteiger charge is 2.29. The lowest BCUT2D eigenvalue weighted by Gasteiger charge is -2.15. The van der Waals surface area contributed by atoms with Crippen molar-refractivity contribution in [1.29, 1.82) is 0 Å². The minimum absolute atomic E-state index is 0.411. The van der Waals surface area contributed by atoms with Crippen molar-refractivity contribution in [2.24, 2.45) is 5.92 Å². The van der Waals surface area contributed by atoms with Crippen LogP contribution in [0.3, 0.4) is 0 Å². The fraction of sp³-hybridized carbons (Fsp3) is 0.382. The SMILES string of the molecule is Cc1cccc(CCNCCCNCC2CCC(n3cc(-c4nc(Cc5ccccc5)cs4)c4c(N)ncnc43)C2)c1. The summed E-state index contributed by atoms with van der Waals surface area (Å²) in [5.41, 5.74) is 13.5. The Balaban J connectivity index is 1.01. The number of thiazole rings is 1. The topological polar surface area (TPSA) is 93.7 Å². The van der Waals surface area contributed by atoms with Gasteiger partial charge in [-0.05, 0) is 82.3 Å². The van der Waals surface area contributed by atoms with Crippen LogP contribution in [0.1, 0.15) is 54.1 Å². The highest BCUT2D eigenvalue weighted by Crippen LogP contribution is 2.41. The van der Waals surface area contributed by atoms with Gasteiger partial charge in [-0.1, -0.05) is 60.2 Å². The van der Waals surface area contributed by atoms with E-state index < -0.39 is 0 Å². The van der Waals surface area contributed by atoms with Crippen LogP contribution < -0.4 is 16.4 Å². The van der Waals surface area contributed by atoms with E-state index in [1.54, 1.807) is 17.7 Å². The summed E-state index contributed by atoms with van der Waals surface area (Å²) in [6.45, 7) is 6.36. The van der Waals surface area contributed by atoms with E-state index in [9.17, 15) is 0 Å². The van der Waals surface area contributed by atoms with Gasteiger partial charge in [0.25, 0.3) is 0 Å². The van der Waals surface area contributed by atoms with Crippen LogP contribution in [0.5, 0.6) is 0 Å². The molecule has 2 atom stereocenters.